The van der Waals surface area contributed by atoms with Gasteiger partial charge in [0.05, 0.1) is 20.5 Å². The number of amides is 1. The Hall–Kier alpha value is -0.480. The van der Waals surface area contributed by atoms with E-state index in [1.165, 1.54) is 0 Å². The number of carbonyl (C=O) groups excluding carboxylic acids is 1. The van der Waals surface area contributed by atoms with Gasteiger partial charge in [0.15, 0.2) is 0 Å². The number of hydrogen-bond donors (Lipinski definition) is 2. The second-order valence-corrected chi connectivity index (χ2v) is 5.54. The molecule has 1 saturated heterocycles. The first kappa shape index (κ1) is 11.6. The molecule has 0 radical (unpaired) electrons. The van der Waals surface area contributed by atoms with Gasteiger partial charge in [-0.1, -0.05) is 34.8 Å². The number of carbonyl (C=O) groups is 1. The number of hydrogen-bond acceptors (Lipinski definition) is 2. The zero-order chi connectivity index (χ0) is 12.2. The Morgan fingerprint density at radius 1 is 1.24 bits per heavy atom. The lowest BCUT2D eigenvalue weighted by atomic mass is 9.81. The summed E-state index contributed by atoms with van der Waals surface area (Å²) in [5, 5.41) is 7.08. The minimum Gasteiger partial charge on any atom is -0.325 e. The SMILES string of the molecule is O=C1Nc2cc(Cl)c(Cl)c(Cl)c2C12CCNC2. The third-order valence-electron chi connectivity index (χ3n) is 3.48. The van der Waals surface area contributed by atoms with E-state index in [-0.39, 0.29) is 5.91 Å². The topological polar surface area (TPSA) is 41.1 Å². The molecule has 0 aliphatic carbocycles. The van der Waals surface area contributed by atoms with Gasteiger partial charge in [-0.05, 0) is 19.0 Å². The van der Waals surface area contributed by atoms with E-state index in [9.17, 15) is 4.79 Å². The van der Waals surface area contributed by atoms with Crippen molar-refractivity contribution in [3.8, 4) is 0 Å². The van der Waals surface area contributed by atoms with E-state index in [4.69, 9.17) is 34.8 Å². The third kappa shape index (κ3) is 1.43. The van der Waals surface area contributed by atoms with Gasteiger partial charge in [-0.15, -0.1) is 0 Å². The van der Waals surface area contributed by atoms with Crippen LogP contribution in [0.1, 0.15) is 12.0 Å². The van der Waals surface area contributed by atoms with Crippen LogP contribution >= 0.6 is 34.8 Å². The van der Waals surface area contributed by atoms with Crippen LogP contribution in [0.2, 0.25) is 15.1 Å². The lowest BCUT2D eigenvalue weighted by molar-refractivity contribution is -0.120. The monoisotopic (exact) mass is 290 g/mol. The van der Waals surface area contributed by atoms with Crippen LogP contribution in [-0.2, 0) is 10.2 Å². The fraction of sp³-hybridized carbons (Fsp3) is 0.364. The van der Waals surface area contributed by atoms with Gasteiger partial charge in [0.25, 0.3) is 0 Å². The second kappa shape index (κ2) is 3.75. The molecule has 2 aliphatic heterocycles. The zero-order valence-corrected chi connectivity index (χ0v) is 11.0. The lowest BCUT2D eigenvalue weighted by Crippen LogP contribution is -2.36. The van der Waals surface area contributed by atoms with Crippen molar-refractivity contribution < 1.29 is 4.79 Å². The highest BCUT2D eigenvalue weighted by Crippen LogP contribution is 2.49. The van der Waals surface area contributed by atoms with E-state index in [2.05, 4.69) is 10.6 Å². The highest BCUT2D eigenvalue weighted by molar-refractivity contribution is 6.49. The first-order valence-electron chi connectivity index (χ1n) is 5.26. The molecule has 3 nitrogen and oxygen atoms in total. The Bertz CT molecular complexity index is 524. The molecule has 3 rings (SSSR count). The molecule has 1 unspecified atom stereocenters. The Morgan fingerprint density at radius 3 is 2.65 bits per heavy atom. The van der Waals surface area contributed by atoms with Crippen LogP contribution in [0, 0.1) is 0 Å². The number of fused-ring (bicyclic) bond motifs is 2. The van der Waals surface area contributed by atoms with Gasteiger partial charge >= 0.3 is 0 Å². The molecular weight excluding hydrogens is 282 g/mol. The van der Waals surface area contributed by atoms with Crippen molar-refractivity contribution in [3.05, 3.63) is 26.7 Å². The maximum absolute atomic E-state index is 12.1. The van der Waals surface area contributed by atoms with Gasteiger partial charge in [-0.25, -0.2) is 0 Å². The fourth-order valence-corrected chi connectivity index (χ4v) is 3.40. The first-order chi connectivity index (χ1) is 8.06. The molecule has 0 saturated carbocycles. The smallest absolute Gasteiger partial charge is 0.236 e. The van der Waals surface area contributed by atoms with Crippen LogP contribution in [0.15, 0.2) is 6.07 Å². The van der Waals surface area contributed by atoms with E-state index in [0.717, 1.165) is 18.5 Å². The zero-order valence-electron chi connectivity index (χ0n) is 8.74. The predicted octanol–water partition coefficient (Wildman–Crippen LogP) is 2.83. The van der Waals surface area contributed by atoms with Gasteiger partial charge in [0.1, 0.15) is 0 Å². The van der Waals surface area contributed by atoms with E-state index in [1.54, 1.807) is 6.07 Å². The number of rotatable bonds is 0. The highest BCUT2D eigenvalue weighted by atomic mass is 35.5. The van der Waals surface area contributed by atoms with Gasteiger partial charge in [-0.3, -0.25) is 4.79 Å². The molecule has 1 atom stereocenters. The van der Waals surface area contributed by atoms with Crippen molar-refractivity contribution in [2.75, 3.05) is 18.4 Å². The Kier molecular flexibility index (Phi) is 2.56. The van der Waals surface area contributed by atoms with Gasteiger partial charge in [-0.2, -0.15) is 0 Å². The number of benzene rings is 1. The molecule has 1 amide bonds. The first-order valence-corrected chi connectivity index (χ1v) is 6.40. The maximum Gasteiger partial charge on any atom is 0.236 e. The van der Waals surface area contributed by atoms with E-state index >= 15 is 0 Å². The average Bonchev–Trinajstić information content (AvgIpc) is 2.85. The summed E-state index contributed by atoms with van der Waals surface area (Å²) in [7, 11) is 0. The third-order valence-corrected chi connectivity index (χ3v) is 4.74. The summed E-state index contributed by atoms with van der Waals surface area (Å²) >= 11 is 18.2. The fourth-order valence-electron chi connectivity index (χ4n) is 2.62. The average molecular weight is 292 g/mol. The lowest BCUT2D eigenvalue weighted by Gasteiger charge is -2.21. The Morgan fingerprint density at radius 2 is 2.00 bits per heavy atom. The molecule has 1 aromatic rings. The molecule has 0 aromatic heterocycles. The summed E-state index contributed by atoms with van der Waals surface area (Å²) in [4.78, 5) is 12.1. The summed E-state index contributed by atoms with van der Waals surface area (Å²) in [6.45, 7) is 1.38. The molecular formula is C11H9Cl3N2O. The van der Waals surface area contributed by atoms with Crippen molar-refractivity contribution in [3.63, 3.8) is 0 Å². The van der Waals surface area contributed by atoms with Crippen molar-refractivity contribution >= 4 is 46.4 Å². The van der Waals surface area contributed by atoms with Crippen LogP contribution < -0.4 is 10.6 Å². The van der Waals surface area contributed by atoms with E-state index in [1.807, 2.05) is 0 Å². The summed E-state index contributed by atoms with van der Waals surface area (Å²) < 4.78 is 0. The molecule has 1 aromatic carbocycles. The minimum atomic E-state index is -0.583. The second-order valence-electron chi connectivity index (χ2n) is 4.37. The largest absolute Gasteiger partial charge is 0.325 e. The van der Waals surface area contributed by atoms with Crippen molar-refractivity contribution in [1.29, 1.82) is 0 Å². The van der Waals surface area contributed by atoms with Crippen molar-refractivity contribution in [1.82, 2.24) is 5.32 Å². The van der Waals surface area contributed by atoms with Crippen LogP contribution in [0.3, 0.4) is 0 Å². The molecule has 17 heavy (non-hydrogen) atoms. The Balaban J connectivity index is 2.28. The molecule has 1 fully saturated rings. The molecule has 0 bridgehead atoms. The quantitative estimate of drug-likeness (QED) is 0.722. The molecule has 2 aliphatic rings. The van der Waals surface area contributed by atoms with E-state index in [0.29, 0.717) is 27.3 Å². The molecule has 6 heteroatoms. The summed E-state index contributed by atoms with van der Waals surface area (Å²) in [5.41, 5.74) is 0.877. The molecule has 1 spiro atoms. The van der Waals surface area contributed by atoms with Crippen molar-refractivity contribution in [2.24, 2.45) is 0 Å². The van der Waals surface area contributed by atoms with Gasteiger partial charge < -0.3 is 10.6 Å². The molecule has 2 heterocycles. The maximum atomic E-state index is 12.1. The number of anilines is 1. The molecule has 90 valence electrons. The summed E-state index contributed by atoms with van der Waals surface area (Å²) in [6, 6.07) is 1.66. The van der Waals surface area contributed by atoms with Gasteiger partial charge in [0.2, 0.25) is 5.91 Å². The van der Waals surface area contributed by atoms with E-state index < -0.39 is 5.41 Å². The number of halogens is 3. The standard InChI is InChI=1S/C11H9Cl3N2O/c12-5-3-6-7(9(14)8(5)13)11(10(17)16-6)1-2-15-4-11/h3,15H,1-2,4H2,(H,16,17). The van der Waals surface area contributed by atoms with Crippen LogP contribution in [0.4, 0.5) is 5.69 Å². The highest BCUT2D eigenvalue weighted by Gasteiger charge is 2.50. The van der Waals surface area contributed by atoms with Crippen LogP contribution in [-0.4, -0.2) is 19.0 Å². The van der Waals surface area contributed by atoms with Crippen molar-refractivity contribution in [2.45, 2.75) is 11.8 Å². The summed E-state index contributed by atoms with van der Waals surface area (Å²) in [5.74, 6) is -0.0299. The van der Waals surface area contributed by atoms with Gasteiger partial charge in [0, 0.05) is 17.8 Å². The van der Waals surface area contributed by atoms with Crippen LogP contribution in [0.25, 0.3) is 0 Å². The van der Waals surface area contributed by atoms with Crippen LogP contribution in [0.5, 0.6) is 0 Å². The normalized spacial score (nSPS) is 26.4. The Labute approximate surface area is 113 Å². The summed E-state index contributed by atoms with van der Waals surface area (Å²) in [6.07, 6.45) is 0.726. The number of nitrogens with one attached hydrogen (secondary N) is 2. The minimum absolute atomic E-state index is 0.0299. The molecule has 2 N–H and O–H groups in total. The predicted molar refractivity (Wildman–Crippen MR) is 69.3 cm³/mol.